The van der Waals surface area contributed by atoms with Crippen LogP contribution in [0.5, 0.6) is 0 Å². The molecule has 2 fully saturated rings. The molecule has 17 heteroatoms. The van der Waals surface area contributed by atoms with Crippen molar-refractivity contribution in [2.75, 3.05) is 11.5 Å². The van der Waals surface area contributed by atoms with Crippen molar-refractivity contribution >= 4 is 69.3 Å². The van der Waals surface area contributed by atoms with Gasteiger partial charge in [-0.05, 0) is 48.8 Å². The number of aliphatic carboxylic acids is 1. The third-order valence-corrected chi connectivity index (χ3v) is 9.58. The molecule has 3 aromatic rings. The molecule has 3 aliphatic rings. The number of hydrogen-bond donors (Lipinski definition) is 2. The van der Waals surface area contributed by atoms with E-state index in [1.807, 2.05) is 36.1 Å². The number of nitrogens with zero attached hydrogens (tertiary/aromatic N) is 7. The molecule has 6 rings (SSSR count). The Balaban J connectivity index is 1.16. The number of amides is 2. The Morgan fingerprint density at radius 3 is 2.88 bits per heavy atom. The van der Waals surface area contributed by atoms with Crippen molar-refractivity contribution in [2.45, 2.75) is 48.2 Å². The molecule has 0 spiro atoms. The average molecular weight is 628 g/mol. The van der Waals surface area contributed by atoms with Gasteiger partial charge in [-0.3, -0.25) is 14.5 Å². The fourth-order valence-electron chi connectivity index (χ4n) is 4.90. The summed E-state index contributed by atoms with van der Waals surface area (Å²) in [6.45, 7) is 0. The van der Waals surface area contributed by atoms with Crippen molar-refractivity contribution in [3.05, 3.63) is 53.1 Å². The van der Waals surface area contributed by atoms with Crippen molar-refractivity contribution < 1.29 is 28.9 Å². The van der Waals surface area contributed by atoms with Crippen molar-refractivity contribution in [1.29, 1.82) is 0 Å². The van der Waals surface area contributed by atoms with Gasteiger partial charge in [-0.1, -0.05) is 22.0 Å². The first-order chi connectivity index (χ1) is 20.3. The number of aromatic nitrogens is 5. The third-order valence-electron chi connectivity index (χ3n) is 7.01. The smallest absolute Gasteiger partial charge is 0.306 e. The lowest BCUT2D eigenvalue weighted by Crippen LogP contribution is -2.71. The SMILES string of the molecule is C[n+]1ccn2nc(S/C=C\C3=C(C(=O)[O-])N4C(=O)[C@@H](NC(=O)/C(=N\OC5CCCC5)c5nsc(N)n5)[C@H]4SC3)ccc21. The average Bonchev–Trinajstić information content (AvgIpc) is 3.73. The standard InChI is InChI=1S/C25H25N9O5S3/c1-32-9-10-33-16(32)7-6-15(29-33)40-11-8-13-12-41-23-18(22(36)34(23)19(13)24(37)38)27-21(35)17(20-28-25(26)42-31-20)30-39-14-4-2-3-5-14/h6-11,14,18,23H,2-5,12H2,1H3,(H3-,26,27,28,31,35,37,38)/b11-8-,30-17-/t18-,23-/m1/s1. The molecule has 5 heterocycles. The topological polar surface area (TPSA) is 184 Å². The van der Waals surface area contributed by atoms with Gasteiger partial charge in [0.2, 0.25) is 11.5 Å². The van der Waals surface area contributed by atoms with E-state index in [1.54, 1.807) is 16.0 Å². The van der Waals surface area contributed by atoms with Gasteiger partial charge in [0.25, 0.3) is 11.8 Å². The van der Waals surface area contributed by atoms with Gasteiger partial charge in [-0.25, -0.2) is 4.57 Å². The second-order valence-corrected chi connectivity index (χ2v) is 12.5. The highest BCUT2D eigenvalue weighted by atomic mass is 32.2. The first-order valence-corrected chi connectivity index (χ1v) is 15.7. The zero-order valence-corrected chi connectivity index (χ0v) is 24.7. The highest BCUT2D eigenvalue weighted by molar-refractivity contribution is 8.02. The Morgan fingerprint density at radius 2 is 2.14 bits per heavy atom. The highest BCUT2D eigenvalue weighted by Gasteiger charge is 2.53. The molecule has 0 aromatic carbocycles. The minimum atomic E-state index is -1.48. The van der Waals surface area contributed by atoms with E-state index < -0.39 is 29.2 Å². The van der Waals surface area contributed by atoms with E-state index >= 15 is 0 Å². The summed E-state index contributed by atoms with van der Waals surface area (Å²) in [6, 6.07) is 2.81. The van der Waals surface area contributed by atoms with Crippen molar-refractivity contribution in [1.82, 2.24) is 29.2 Å². The molecule has 3 aromatic heterocycles. The van der Waals surface area contributed by atoms with Crippen LogP contribution in [0.3, 0.4) is 0 Å². The Bertz CT molecular complexity index is 1660. The van der Waals surface area contributed by atoms with E-state index in [0.717, 1.165) is 47.8 Å². The number of nitrogens with two attached hydrogens (primary N) is 1. The number of rotatable bonds is 9. The highest BCUT2D eigenvalue weighted by Crippen LogP contribution is 2.40. The molecule has 0 radical (unpaired) electrons. The van der Waals surface area contributed by atoms with Gasteiger partial charge in [0.15, 0.2) is 11.3 Å². The maximum atomic E-state index is 13.2. The summed E-state index contributed by atoms with van der Waals surface area (Å²) in [5.41, 5.74) is 6.63. The number of oxime groups is 1. The third kappa shape index (κ3) is 5.46. The molecule has 0 bridgehead atoms. The lowest BCUT2D eigenvalue weighted by atomic mass is 10.0. The van der Waals surface area contributed by atoms with Crippen molar-refractivity contribution in [2.24, 2.45) is 12.2 Å². The van der Waals surface area contributed by atoms with Crippen molar-refractivity contribution in [3.8, 4) is 0 Å². The van der Waals surface area contributed by atoms with Crippen molar-refractivity contribution in [3.63, 3.8) is 0 Å². The normalized spacial score (nSPS) is 21.2. The molecule has 1 saturated carbocycles. The number of hydrogen-bond acceptors (Lipinski definition) is 13. The van der Waals surface area contributed by atoms with E-state index in [4.69, 9.17) is 10.6 Å². The van der Waals surface area contributed by atoms with Crippen LogP contribution >= 0.6 is 35.1 Å². The summed E-state index contributed by atoms with van der Waals surface area (Å²) in [5.74, 6) is -2.49. The van der Waals surface area contributed by atoms with Crippen LogP contribution in [-0.2, 0) is 26.3 Å². The van der Waals surface area contributed by atoms with Gasteiger partial charge in [0, 0.05) is 23.4 Å². The summed E-state index contributed by atoms with van der Waals surface area (Å²) >= 11 is 3.55. The Hall–Kier alpha value is -3.96. The molecule has 0 unspecified atom stereocenters. The van der Waals surface area contributed by atoms with E-state index in [2.05, 4.69) is 24.9 Å². The number of carbonyl (C=O) groups is 3. The van der Waals surface area contributed by atoms with Crippen LogP contribution in [0, 0.1) is 0 Å². The zero-order chi connectivity index (χ0) is 29.4. The molecule has 14 nitrogen and oxygen atoms in total. The first-order valence-electron chi connectivity index (χ1n) is 13.0. The molecule has 42 heavy (non-hydrogen) atoms. The Labute approximate surface area is 251 Å². The second kappa shape index (κ2) is 11.7. The Kier molecular flexibility index (Phi) is 7.87. The molecule has 2 aliphatic heterocycles. The molecule has 1 aliphatic carbocycles. The first kappa shape index (κ1) is 28.2. The maximum Gasteiger partial charge on any atom is 0.306 e. The van der Waals surface area contributed by atoms with Gasteiger partial charge in [0.05, 0.1) is 18.7 Å². The number of imidazole rings is 1. The largest absolute Gasteiger partial charge is 0.543 e. The minimum Gasteiger partial charge on any atom is -0.543 e. The number of carbonyl (C=O) groups excluding carboxylic acids is 3. The molecule has 3 N–H and O–H groups in total. The van der Waals surface area contributed by atoms with Crippen LogP contribution in [-0.4, -0.2) is 70.6 Å². The summed E-state index contributed by atoms with van der Waals surface area (Å²) in [6.07, 6.45) is 8.93. The number of anilines is 1. The summed E-state index contributed by atoms with van der Waals surface area (Å²) < 4.78 is 7.75. The lowest BCUT2D eigenvalue weighted by Gasteiger charge is -2.50. The zero-order valence-electron chi connectivity index (χ0n) is 22.2. The second-order valence-electron chi connectivity index (χ2n) is 9.73. The van der Waals surface area contributed by atoms with Crippen LogP contribution in [0.2, 0.25) is 0 Å². The molecule has 2 atom stereocenters. The number of thioether (sulfide) groups is 2. The minimum absolute atomic E-state index is 0.00697. The van der Waals surface area contributed by atoms with Gasteiger partial charge in [-0.2, -0.15) is 9.36 Å². The summed E-state index contributed by atoms with van der Waals surface area (Å²) in [4.78, 5) is 49.3. The van der Waals surface area contributed by atoms with Crippen LogP contribution in [0.15, 0.2) is 57.5 Å². The van der Waals surface area contributed by atoms with Gasteiger partial charge in [-0.15, -0.1) is 16.3 Å². The number of allylic oxidation sites excluding steroid dienone is 1. The fourth-order valence-corrected chi connectivity index (χ4v) is 7.30. The van der Waals surface area contributed by atoms with E-state index in [9.17, 15) is 19.5 Å². The van der Waals surface area contributed by atoms with E-state index in [0.29, 0.717) is 10.6 Å². The predicted octanol–water partition coefficient (Wildman–Crippen LogP) is -0.0343. The molecular formula is C25H25N9O5S3. The number of carboxylic acid groups (broad SMARTS) is 1. The number of nitrogen functional groups attached to an aromatic ring is 1. The quantitative estimate of drug-likeness (QED) is 0.107. The van der Waals surface area contributed by atoms with Crippen LogP contribution in [0.1, 0.15) is 31.5 Å². The van der Waals surface area contributed by atoms with Crippen LogP contribution in [0.4, 0.5) is 5.13 Å². The molecule has 1 saturated heterocycles. The van der Waals surface area contributed by atoms with E-state index in [1.165, 1.54) is 23.5 Å². The van der Waals surface area contributed by atoms with Gasteiger partial charge < -0.3 is 25.8 Å². The molecular weight excluding hydrogens is 603 g/mol. The lowest BCUT2D eigenvalue weighted by molar-refractivity contribution is -0.644. The monoisotopic (exact) mass is 627 g/mol. The van der Waals surface area contributed by atoms with E-state index in [-0.39, 0.29) is 34.2 Å². The van der Waals surface area contributed by atoms with Gasteiger partial charge >= 0.3 is 5.65 Å². The Morgan fingerprint density at radius 1 is 1.33 bits per heavy atom. The number of fused-ring (bicyclic) bond motifs is 2. The van der Waals surface area contributed by atoms with Crippen LogP contribution in [0.25, 0.3) is 5.65 Å². The predicted molar refractivity (Wildman–Crippen MR) is 153 cm³/mol. The maximum absolute atomic E-state index is 13.2. The number of aryl methyl sites for hydroxylation is 1. The molecule has 2 amide bonds. The van der Waals surface area contributed by atoms with Gasteiger partial charge in [0.1, 0.15) is 28.7 Å². The summed E-state index contributed by atoms with van der Waals surface area (Å²) in [7, 11) is 1.92. The number of nitrogens with one attached hydrogen (secondary N) is 1. The molecule has 218 valence electrons. The number of carboxylic acids is 1. The number of β-lactam (4-membered cyclic amide) rings is 1. The summed E-state index contributed by atoms with van der Waals surface area (Å²) in [5, 5.41) is 25.3. The fraction of sp³-hybridized carbons (Fsp3) is 0.360. The van der Waals surface area contributed by atoms with Crippen LogP contribution < -0.4 is 20.7 Å².